The second kappa shape index (κ2) is 5.31. The first-order valence-electron chi connectivity index (χ1n) is 6.61. The molecule has 0 amide bonds. The van der Waals surface area contributed by atoms with Gasteiger partial charge in [-0.15, -0.1) is 0 Å². The number of piperidine rings is 1. The Morgan fingerprint density at radius 3 is 2.68 bits per heavy atom. The Morgan fingerprint density at radius 2 is 2.00 bits per heavy atom. The zero-order valence-electron chi connectivity index (χ0n) is 10.9. The summed E-state index contributed by atoms with van der Waals surface area (Å²) in [5.41, 5.74) is 1.73. The molecular formula is C14H17ClN4. The summed E-state index contributed by atoms with van der Waals surface area (Å²) in [6, 6.07) is 8.25. The Morgan fingerprint density at radius 1 is 1.26 bits per heavy atom. The van der Waals surface area contributed by atoms with Crippen molar-refractivity contribution in [3.63, 3.8) is 0 Å². The van der Waals surface area contributed by atoms with Crippen LogP contribution in [0, 0.1) is 0 Å². The molecule has 1 aliphatic rings. The van der Waals surface area contributed by atoms with Crippen LogP contribution in [-0.2, 0) is 0 Å². The summed E-state index contributed by atoms with van der Waals surface area (Å²) in [4.78, 5) is 11.2. The first-order valence-corrected chi connectivity index (χ1v) is 6.99. The number of para-hydroxylation sites is 2. The third-order valence-electron chi connectivity index (χ3n) is 3.66. The van der Waals surface area contributed by atoms with Gasteiger partial charge in [-0.25, -0.2) is 9.97 Å². The minimum Gasteiger partial charge on any atom is -0.353 e. The Kier molecular flexibility index (Phi) is 3.53. The molecular weight excluding hydrogens is 260 g/mol. The molecule has 1 saturated heterocycles. The normalized spacial score (nSPS) is 19.6. The Hall–Kier alpha value is -1.39. The van der Waals surface area contributed by atoms with E-state index in [2.05, 4.69) is 20.2 Å². The molecule has 0 spiro atoms. The highest BCUT2D eigenvalue weighted by molar-refractivity contribution is 6.32. The molecule has 100 valence electrons. The van der Waals surface area contributed by atoms with Crippen molar-refractivity contribution in [2.45, 2.75) is 18.9 Å². The molecule has 0 bridgehead atoms. The topological polar surface area (TPSA) is 41.1 Å². The summed E-state index contributed by atoms with van der Waals surface area (Å²) < 4.78 is 0. The number of nitrogens with zero attached hydrogens (tertiary/aromatic N) is 3. The lowest BCUT2D eigenvalue weighted by Gasteiger charge is -2.32. The van der Waals surface area contributed by atoms with E-state index >= 15 is 0 Å². The van der Waals surface area contributed by atoms with Gasteiger partial charge >= 0.3 is 0 Å². The van der Waals surface area contributed by atoms with E-state index in [4.69, 9.17) is 11.6 Å². The lowest BCUT2D eigenvalue weighted by Crippen LogP contribution is -2.44. The molecule has 1 aliphatic heterocycles. The van der Waals surface area contributed by atoms with Crippen molar-refractivity contribution >= 4 is 28.5 Å². The van der Waals surface area contributed by atoms with Crippen LogP contribution in [0.4, 0.5) is 5.82 Å². The van der Waals surface area contributed by atoms with Gasteiger partial charge in [0.25, 0.3) is 0 Å². The molecule has 1 atom stereocenters. The fraction of sp³-hybridized carbons (Fsp3) is 0.429. The summed E-state index contributed by atoms with van der Waals surface area (Å²) in [5.74, 6) is 0.772. The molecule has 1 unspecified atom stereocenters. The second-order valence-corrected chi connectivity index (χ2v) is 5.30. The van der Waals surface area contributed by atoms with Crippen molar-refractivity contribution in [2.24, 2.45) is 0 Å². The quantitative estimate of drug-likeness (QED) is 0.915. The van der Waals surface area contributed by atoms with Crippen LogP contribution in [0.1, 0.15) is 12.8 Å². The van der Waals surface area contributed by atoms with E-state index < -0.39 is 0 Å². The molecule has 19 heavy (non-hydrogen) atoms. The number of hydrogen-bond acceptors (Lipinski definition) is 4. The van der Waals surface area contributed by atoms with Crippen LogP contribution in [0.3, 0.4) is 0 Å². The maximum atomic E-state index is 6.28. The SMILES string of the molecule is CN(c1nc2ccccc2nc1Cl)C1CCCNC1. The molecule has 0 saturated carbocycles. The number of benzene rings is 1. The molecule has 1 fully saturated rings. The predicted octanol–water partition coefficient (Wildman–Crippen LogP) is 2.47. The monoisotopic (exact) mass is 276 g/mol. The molecule has 1 aromatic heterocycles. The molecule has 0 aliphatic carbocycles. The zero-order valence-corrected chi connectivity index (χ0v) is 11.7. The smallest absolute Gasteiger partial charge is 0.172 e. The highest BCUT2D eigenvalue weighted by Crippen LogP contribution is 2.26. The predicted molar refractivity (Wildman–Crippen MR) is 78.8 cm³/mol. The Labute approximate surface area is 117 Å². The van der Waals surface area contributed by atoms with Crippen LogP contribution < -0.4 is 10.2 Å². The van der Waals surface area contributed by atoms with Gasteiger partial charge in [0.15, 0.2) is 11.0 Å². The number of halogens is 1. The third-order valence-corrected chi connectivity index (χ3v) is 3.92. The van der Waals surface area contributed by atoms with Gasteiger partial charge in [0.1, 0.15) is 0 Å². The van der Waals surface area contributed by atoms with E-state index in [0.717, 1.165) is 36.4 Å². The lowest BCUT2D eigenvalue weighted by molar-refractivity contribution is 0.443. The van der Waals surface area contributed by atoms with Gasteiger partial charge < -0.3 is 10.2 Å². The number of anilines is 1. The highest BCUT2D eigenvalue weighted by Gasteiger charge is 2.21. The van der Waals surface area contributed by atoms with Crippen LogP contribution in [0.25, 0.3) is 11.0 Å². The van der Waals surface area contributed by atoms with E-state index in [0.29, 0.717) is 11.2 Å². The van der Waals surface area contributed by atoms with Gasteiger partial charge in [0.2, 0.25) is 0 Å². The standard InChI is InChI=1S/C14H17ClN4/c1-19(10-5-4-8-16-9-10)14-13(15)17-11-6-2-3-7-12(11)18-14/h2-3,6-7,10,16H,4-5,8-9H2,1H3. The van der Waals surface area contributed by atoms with E-state index in [1.807, 2.05) is 31.3 Å². The van der Waals surface area contributed by atoms with E-state index in [9.17, 15) is 0 Å². The van der Waals surface area contributed by atoms with Gasteiger partial charge in [-0.2, -0.15) is 0 Å². The van der Waals surface area contributed by atoms with E-state index in [1.165, 1.54) is 6.42 Å². The molecule has 5 heteroatoms. The summed E-state index contributed by atoms with van der Waals surface area (Å²) in [6.45, 7) is 2.07. The Balaban J connectivity index is 1.96. The van der Waals surface area contributed by atoms with Crippen molar-refractivity contribution in [1.82, 2.24) is 15.3 Å². The first-order chi connectivity index (χ1) is 9.25. The van der Waals surface area contributed by atoms with Crippen LogP contribution in [0.2, 0.25) is 5.15 Å². The molecule has 0 radical (unpaired) electrons. The van der Waals surface area contributed by atoms with Crippen molar-refractivity contribution in [3.05, 3.63) is 29.4 Å². The van der Waals surface area contributed by atoms with Crippen molar-refractivity contribution in [3.8, 4) is 0 Å². The third kappa shape index (κ3) is 2.51. The molecule has 2 heterocycles. The maximum absolute atomic E-state index is 6.28. The summed E-state index contributed by atoms with van der Waals surface area (Å²) in [7, 11) is 2.04. The summed E-state index contributed by atoms with van der Waals surface area (Å²) in [5, 5.41) is 3.89. The van der Waals surface area contributed by atoms with Crippen LogP contribution in [0.15, 0.2) is 24.3 Å². The average Bonchev–Trinajstić information content (AvgIpc) is 2.47. The fourth-order valence-corrected chi connectivity index (χ4v) is 2.80. The van der Waals surface area contributed by atoms with Crippen molar-refractivity contribution in [1.29, 1.82) is 0 Å². The minimum atomic E-state index is 0.432. The lowest BCUT2D eigenvalue weighted by atomic mass is 10.1. The van der Waals surface area contributed by atoms with E-state index in [1.54, 1.807) is 0 Å². The van der Waals surface area contributed by atoms with Crippen molar-refractivity contribution in [2.75, 3.05) is 25.0 Å². The number of nitrogens with one attached hydrogen (secondary N) is 1. The van der Waals surface area contributed by atoms with Gasteiger partial charge in [0.05, 0.1) is 11.0 Å². The number of fused-ring (bicyclic) bond motifs is 1. The number of aromatic nitrogens is 2. The number of hydrogen-bond donors (Lipinski definition) is 1. The molecule has 1 N–H and O–H groups in total. The average molecular weight is 277 g/mol. The highest BCUT2D eigenvalue weighted by atomic mass is 35.5. The van der Waals surface area contributed by atoms with E-state index in [-0.39, 0.29) is 0 Å². The van der Waals surface area contributed by atoms with Crippen molar-refractivity contribution < 1.29 is 0 Å². The minimum absolute atomic E-state index is 0.432. The molecule has 3 rings (SSSR count). The van der Waals surface area contributed by atoms with Gasteiger partial charge in [-0.05, 0) is 31.5 Å². The van der Waals surface area contributed by atoms with Crippen LogP contribution in [0.5, 0.6) is 0 Å². The fourth-order valence-electron chi connectivity index (χ4n) is 2.53. The van der Waals surface area contributed by atoms with Gasteiger partial charge in [0, 0.05) is 19.6 Å². The number of likely N-dealkylation sites (N-methyl/N-ethyl adjacent to an activating group) is 1. The molecule has 4 nitrogen and oxygen atoms in total. The van der Waals surface area contributed by atoms with Gasteiger partial charge in [-0.3, -0.25) is 0 Å². The molecule has 1 aromatic carbocycles. The largest absolute Gasteiger partial charge is 0.353 e. The summed E-state index contributed by atoms with van der Waals surface area (Å²) in [6.07, 6.45) is 2.35. The molecule has 2 aromatic rings. The maximum Gasteiger partial charge on any atom is 0.172 e. The van der Waals surface area contributed by atoms with Crippen LogP contribution in [-0.4, -0.2) is 36.1 Å². The van der Waals surface area contributed by atoms with Crippen LogP contribution >= 0.6 is 11.6 Å². The zero-order chi connectivity index (χ0) is 13.2. The first kappa shape index (κ1) is 12.6. The number of rotatable bonds is 2. The summed E-state index contributed by atoms with van der Waals surface area (Å²) >= 11 is 6.28. The van der Waals surface area contributed by atoms with Gasteiger partial charge in [-0.1, -0.05) is 23.7 Å². The Bertz CT molecular complexity index is 581. The second-order valence-electron chi connectivity index (χ2n) is 4.94.